The number of para-hydroxylation sites is 1. The predicted octanol–water partition coefficient (Wildman–Crippen LogP) is 4.06. The maximum atomic E-state index is 5.63. The second-order valence-electron chi connectivity index (χ2n) is 4.33. The van der Waals surface area contributed by atoms with Crippen molar-refractivity contribution in [2.24, 2.45) is 0 Å². The van der Waals surface area contributed by atoms with E-state index in [4.69, 9.17) is 14.2 Å². The van der Waals surface area contributed by atoms with E-state index in [0.717, 1.165) is 28.4 Å². The van der Waals surface area contributed by atoms with E-state index in [1.165, 1.54) is 0 Å². The molecule has 3 heteroatoms. The minimum Gasteiger partial charge on any atom is -0.497 e. The van der Waals surface area contributed by atoms with Crippen molar-refractivity contribution in [2.45, 2.75) is 6.92 Å². The van der Waals surface area contributed by atoms with Crippen LogP contribution in [-0.4, -0.2) is 14.2 Å². The van der Waals surface area contributed by atoms with Crippen molar-refractivity contribution in [2.75, 3.05) is 14.2 Å². The van der Waals surface area contributed by atoms with Gasteiger partial charge >= 0.3 is 0 Å². The lowest BCUT2D eigenvalue weighted by atomic mass is 10.2. The molecule has 0 aliphatic heterocycles. The van der Waals surface area contributed by atoms with Gasteiger partial charge in [0.15, 0.2) is 0 Å². The van der Waals surface area contributed by atoms with E-state index in [0.29, 0.717) is 0 Å². The Morgan fingerprint density at radius 1 is 0.900 bits per heavy atom. The third-order valence-electron chi connectivity index (χ3n) is 2.92. The molecule has 0 radical (unpaired) electrons. The number of methoxy groups -OCH3 is 2. The topological polar surface area (TPSA) is 27.7 Å². The molecular weight excluding hydrogens is 252 g/mol. The minimum absolute atomic E-state index is 0.750. The van der Waals surface area contributed by atoms with Gasteiger partial charge in [-0.05, 0) is 42.3 Å². The van der Waals surface area contributed by atoms with Crippen molar-refractivity contribution >= 4 is 6.08 Å². The van der Waals surface area contributed by atoms with E-state index in [1.54, 1.807) is 20.5 Å². The first-order chi connectivity index (χ1) is 9.72. The number of hydrogen-bond acceptors (Lipinski definition) is 3. The van der Waals surface area contributed by atoms with Crippen LogP contribution in [0.15, 0.2) is 48.7 Å². The van der Waals surface area contributed by atoms with E-state index in [2.05, 4.69) is 0 Å². The zero-order chi connectivity index (χ0) is 14.4. The lowest BCUT2D eigenvalue weighted by Crippen LogP contribution is -1.89. The van der Waals surface area contributed by atoms with Crippen LogP contribution in [-0.2, 0) is 0 Å². The Labute approximate surface area is 119 Å². The summed E-state index contributed by atoms with van der Waals surface area (Å²) in [6.07, 6.45) is 3.54. The first-order valence-corrected chi connectivity index (χ1v) is 6.35. The highest BCUT2D eigenvalue weighted by Gasteiger charge is 2.00. The number of rotatable bonds is 5. The average molecular weight is 270 g/mol. The summed E-state index contributed by atoms with van der Waals surface area (Å²) in [5, 5.41) is 0. The summed E-state index contributed by atoms with van der Waals surface area (Å²) in [5.74, 6) is 2.35. The maximum Gasteiger partial charge on any atom is 0.129 e. The average Bonchev–Trinajstić information content (AvgIpc) is 2.48. The molecule has 20 heavy (non-hydrogen) atoms. The fourth-order valence-corrected chi connectivity index (χ4v) is 1.80. The summed E-state index contributed by atoms with van der Waals surface area (Å²) < 4.78 is 16.1. The van der Waals surface area contributed by atoms with E-state index in [9.17, 15) is 0 Å². The zero-order valence-corrected chi connectivity index (χ0v) is 11.9. The van der Waals surface area contributed by atoms with Crippen LogP contribution in [0.2, 0.25) is 0 Å². The van der Waals surface area contributed by atoms with Gasteiger partial charge in [-0.3, -0.25) is 0 Å². The molecule has 0 unspecified atom stereocenters. The quantitative estimate of drug-likeness (QED) is 0.767. The molecular formula is C17H18O3. The van der Waals surface area contributed by atoms with E-state index < -0.39 is 0 Å². The highest BCUT2D eigenvalue weighted by atomic mass is 16.5. The summed E-state index contributed by atoms with van der Waals surface area (Å²) in [5.41, 5.74) is 2.05. The largest absolute Gasteiger partial charge is 0.497 e. The number of aryl methyl sites for hydroxylation is 1. The Kier molecular flexibility index (Phi) is 4.66. The van der Waals surface area contributed by atoms with Gasteiger partial charge in [-0.15, -0.1) is 0 Å². The number of hydrogen-bond donors (Lipinski definition) is 0. The third-order valence-corrected chi connectivity index (χ3v) is 2.92. The molecule has 104 valence electrons. The maximum absolute atomic E-state index is 5.63. The zero-order valence-electron chi connectivity index (χ0n) is 11.9. The van der Waals surface area contributed by atoms with Crippen molar-refractivity contribution in [3.63, 3.8) is 0 Å². The van der Waals surface area contributed by atoms with Crippen molar-refractivity contribution < 1.29 is 14.2 Å². The Hall–Kier alpha value is -2.42. The molecule has 0 spiro atoms. The first-order valence-electron chi connectivity index (χ1n) is 6.35. The molecule has 0 amide bonds. The number of ether oxygens (including phenoxy) is 3. The molecule has 0 atom stereocenters. The van der Waals surface area contributed by atoms with Gasteiger partial charge in [0.1, 0.15) is 17.2 Å². The highest BCUT2D eigenvalue weighted by Crippen LogP contribution is 2.23. The smallest absolute Gasteiger partial charge is 0.129 e. The van der Waals surface area contributed by atoms with Gasteiger partial charge in [-0.2, -0.15) is 0 Å². The molecule has 0 aromatic heterocycles. The van der Waals surface area contributed by atoms with Gasteiger partial charge in [0.25, 0.3) is 0 Å². The number of benzene rings is 2. The molecule has 0 bridgehead atoms. The van der Waals surface area contributed by atoms with Gasteiger partial charge in [0.05, 0.1) is 20.5 Å². The van der Waals surface area contributed by atoms with E-state index in [1.807, 2.05) is 55.5 Å². The molecule has 0 heterocycles. The fraction of sp³-hybridized carbons (Fsp3) is 0.176. The van der Waals surface area contributed by atoms with Crippen molar-refractivity contribution in [3.8, 4) is 17.2 Å². The summed E-state index contributed by atoms with van der Waals surface area (Å²) in [4.78, 5) is 0. The van der Waals surface area contributed by atoms with E-state index >= 15 is 0 Å². The molecule has 0 fully saturated rings. The Balaban J connectivity index is 2.13. The van der Waals surface area contributed by atoms with Crippen LogP contribution >= 0.6 is 0 Å². The Morgan fingerprint density at radius 2 is 1.55 bits per heavy atom. The SMILES string of the molecule is COc1cc(/C=C/Oc2ccccc2C)cc(OC)c1. The summed E-state index contributed by atoms with van der Waals surface area (Å²) in [6.45, 7) is 2.01. The normalized spacial score (nSPS) is 10.6. The van der Waals surface area contributed by atoms with Crippen LogP contribution in [0.4, 0.5) is 0 Å². The van der Waals surface area contributed by atoms with Gasteiger partial charge in [-0.25, -0.2) is 0 Å². The Morgan fingerprint density at radius 3 is 2.15 bits per heavy atom. The van der Waals surface area contributed by atoms with Crippen molar-refractivity contribution in [3.05, 3.63) is 59.9 Å². The Bertz CT molecular complexity index is 581. The van der Waals surface area contributed by atoms with Crippen LogP contribution in [0, 0.1) is 6.92 Å². The van der Waals surface area contributed by atoms with Crippen LogP contribution < -0.4 is 14.2 Å². The molecule has 0 N–H and O–H groups in total. The molecule has 0 aliphatic rings. The summed E-state index contributed by atoms with van der Waals surface area (Å²) in [6, 6.07) is 13.5. The van der Waals surface area contributed by atoms with Gasteiger partial charge in [0.2, 0.25) is 0 Å². The van der Waals surface area contributed by atoms with Crippen molar-refractivity contribution in [1.82, 2.24) is 0 Å². The van der Waals surface area contributed by atoms with Crippen molar-refractivity contribution in [1.29, 1.82) is 0 Å². The van der Waals surface area contributed by atoms with E-state index in [-0.39, 0.29) is 0 Å². The summed E-state index contributed by atoms with van der Waals surface area (Å²) >= 11 is 0. The standard InChI is InChI=1S/C17H18O3/c1-13-6-4-5-7-17(13)20-9-8-14-10-15(18-2)12-16(11-14)19-3/h4-12H,1-3H3/b9-8+. The van der Waals surface area contributed by atoms with Crippen LogP contribution in [0.3, 0.4) is 0 Å². The molecule has 0 aliphatic carbocycles. The molecule has 2 aromatic carbocycles. The molecule has 3 nitrogen and oxygen atoms in total. The second-order valence-corrected chi connectivity index (χ2v) is 4.33. The molecule has 2 aromatic rings. The summed E-state index contributed by atoms with van der Waals surface area (Å²) in [7, 11) is 3.26. The predicted molar refractivity (Wildman–Crippen MR) is 80.4 cm³/mol. The highest BCUT2D eigenvalue weighted by molar-refractivity contribution is 5.55. The molecule has 0 saturated heterocycles. The van der Waals surface area contributed by atoms with Gasteiger partial charge < -0.3 is 14.2 Å². The lowest BCUT2D eigenvalue weighted by molar-refractivity contribution is 0.394. The lowest BCUT2D eigenvalue weighted by Gasteiger charge is -2.06. The monoisotopic (exact) mass is 270 g/mol. The van der Waals surface area contributed by atoms with Crippen LogP contribution in [0.1, 0.15) is 11.1 Å². The van der Waals surface area contributed by atoms with Crippen LogP contribution in [0.5, 0.6) is 17.2 Å². The third kappa shape index (κ3) is 3.54. The van der Waals surface area contributed by atoms with Gasteiger partial charge in [-0.1, -0.05) is 18.2 Å². The molecule has 0 saturated carbocycles. The minimum atomic E-state index is 0.750. The second kappa shape index (κ2) is 6.66. The fourth-order valence-electron chi connectivity index (χ4n) is 1.80. The first kappa shape index (κ1) is 14.0. The molecule has 2 rings (SSSR count). The van der Waals surface area contributed by atoms with Gasteiger partial charge in [0, 0.05) is 6.07 Å². The van der Waals surface area contributed by atoms with Crippen LogP contribution in [0.25, 0.3) is 6.08 Å².